The fourth-order valence-corrected chi connectivity index (χ4v) is 10.9. The highest BCUT2D eigenvalue weighted by molar-refractivity contribution is 5.63. The summed E-state index contributed by atoms with van der Waals surface area (Å²) in [5.74, 6) is 2.94. The molecule has 1 unspecified atom stereocenters. The van der Waals surface area contributed by atoms with E-state index >= 15 is 0 Å². The molecular weight excluding hydrogens is 472 g/mol. The Morgan fingerprint density at radius 2 is 1.95 bits per heavy atom. The van der Waals surface area contributed by atoms with E-state index in [2.05, 4.69) is 44.2 Å². The van der Waals surface area contributed by atoms with Crippen molar-refractivity contribution in [2.75, 3.05) is 13.7 Å². The summed E-state index contributed by atoms with van der Waals surface area (Å²) >= 11 is 0. The predicted octanol–water partition coefficient (Wildman–Crippen LogP) is 6.87. The van der Waals surface area contributed by atoms with E-state index in [1.165, 1.54) is 54.4 Å². The van der Waals surface area contributed by atoms with Gasteiger partial charge in [-0.15, -0.1) is 0 Å². The number of rotatable bonds is 7. The monoisotopic (exact) mass is 514 g/mol. The van der Waals surface area contributed by atoms with Crippen molar-refractivity contribution in [1.29, 1.82) is 0 Å². The first kappa shape index (κ1) is 23.8. The van der Waals surface area contributed by atoms with Crippen LogP contribution in [0.5, 0.6) is 11.5 Å². The molecule has 1 heterocycles. The molecule has 9 rings (SSSR count). The van der Waals surface area contributed by atoms with Gasteiger partial charge in [-0.1, -0.05) is 55.7 Å². The molecule has 202 valence electrons. The average molecular weight is 515 g/mol. The molecule has 0 saturated heterocycles. The number of ether oxygens (including phenoxy) is 3. The quantitative estimate of drug-likeness (QED) is 0.438. The van der Waals surface area contributed by atoms with E-state index in [1.807, 2.05) is 13.2 Å². The van der Waals surface area contributed by atoms with Crippen LogP contribution in [0.15, 0.2) is 36.4 Å². The number of phenolic OH excluding ortho intramolecular Hbond substituents is 1. The molecule has 2 spiro atoms. The zero-order valence-electron chi connectivity index (χ0n) is 23.2. The van der Waals surface area contributed by atoms with Crippen molar-refractivity contribution in [1.82, 2.24) is 0 Å². The number of hydrogen-bond acceptors (Lipinski definition) is 4. The van der Waals surface area contributed by atoms with Crippen molar-refractivity contribution >= 4 is 0 Å². The lowest BCUT2D eigenvalue weighted by Gasteiger charge is -2.75. The zero-order valence-corrected chi connectivity index (χ0v) is 23.2. The Bertz CT molecular complexity index is 1300. The summed E-state index contributed by atoms with van der Waals surface area (Å²) in [5.41, 5.74) is 5.41. The maximum atomic E-state index is 11.0. The van der Waals surface area contributed by atoms with E-state index in [4.69, 9.17) is 14.2 Å². The lowest BCUT2D eigenvalue weighted by molar-refractivity contribution is -0.294. The van der Waals surface area contributed by atoms with Crippen LogP contribution in [0.1, 0.15) is 80.5 Å². The summed E-state index contributed by atoms with van der Waals surface area (Å²) in [6.07, 6.45) is 11.1. The van der Waals surface area contributed by atoms with Crippen LogP contribution in [0.3, 0.4) is 0 Å². The summed E-state index contributed by atoms with van der Waals surface area (Å²) in [6, 6.07) is 12.7. The molecule has 0 aromatic heterocycles. The summed E-state index contributed by atoms with van der Waals surface area (Å²) < 4.78 is 20.1. The minimum Gasteiger partial charge on any atom is -0.504 e. The van der Waals surface area contributed by atoms with E-state index in [0.29, 0.717) is 30.3 Å². The molecule has 2 aromatic rings. The number of benzene rings is 2. The van der Waals surface area contributed by atoms with Gasteiger partial charge in [-0.2, -0.15) is 0 Å². The van der Waals surface area contributed by atoms with Gasteiger partial charge in [0.25, 0.3) is 0 Å². The Hall–Kier alpha value is -2.04. The normalized spacial score (nSPS) is 41.6. The highest BCUT2D eigenvalue weighted by Gasteiger charge is 2.81. The van der Waals surface area contributed by atoms with E-state index in [-0.39, 0.29) is 28.5 Å². The minimum absolute atomic E-state index is 0.0506. The van der Waals surface area contributed by atoms with Gasteiger partial charge in [0.1, 0.15) is 11.7 Å². The molecule has 38 heavy (non-hydrogen) atoms. The lowest BCUT2D eigenvalue weighted by atomic mass is 9.29. The molecule has 0 amide bonds. The van der Waals surface area contributed by atoms with Crippen molar-refractivity contribution in [3.05, 3.63) is 58.7 Å². The summed E-state index contributed by atoms with van der Waals surface area (Å²) in [7, 11) is 1.90. The van der Waals surface area contributed by atoms with Gasteiger partial charge in [-0.25, -0.2) is 0 Å². The first-order valence-electron chi connectivity index (χ1n) is 15.1. The SMILES string of the molecule is CO[C@]12CC[C@@]3(C[C@@H]1COCc1cccc(C)c1)[C@H]1Cc4ccc(O)c5c4[C@@]3(CCC1(C)CC1CC1)[C@H]2O5. The second-order valence-electron chi connectivity index (χ2n) is 14.2. The van der Waals surface area contributed by atoms with Gasteiger partial charge in [0.2, 0.25) is 0 Å². The molecule has 6 aliphatic carbocycles. The average Bonchev–Trinajstić information content (AvgIpc) is 3.63. The Labute approximate surface area is 227 Å². The molecule has 0 radical (unpaired) electrons. The first-order valence-corrected chi connectivity index (χ1v) is 15.1. The zero-order chi connectivity index (χ0) is 25.9. The first-order chi connectivity index (χ1) is 18.4. The number of aromatic hydroxyl groups is 1. The Morgan fingerprint density at radius 1 is 1.08 bits per heavy atom. The van der Waals surface area contributed by atoms with Crippen LogP contribution >= 0.6 is 0 Å². The largest absolute Gasteiger partial charge is 0.504 e. The number of fused-ring (bicyclic) bond motifs is 2. The Morgan fingerprint density at radius 3 is 2.74 bits per heavy atom. The molecule has 1 N–H and O–H groups in total. The van der Waals surface area contributed by atoms with Crippen LogP contribution in [0.2, 0.25) is 0 Å². The minimum atomic E-state index is -0.386. The lowest BCUT2D eigenvalue weighted by Crippen LogP contribution is -2.79. The fraction of sp³-hybridized carbons (Fsp3) is 0.647. The Balaban J connectivity index is 1.22. The number of aryl methyl sites for hydroxylation is 1. The van der Waals surface area contributed by atoms with Gasteiger partial charge in [-0.3, -0.25) is 0 Å². The van der Waals surface area contributed by atoms with Crippen molar-refractivity contribution in [3.63, 3.8) is 0 Å². The molecule has 1 aliphatic heterocycles. The topological polar surface area (TPSA) is 47.9 Å². The third-order valence-corrected chi connectivity index (χ3v) is 12.5. The summed E-state index contributed by atoms with van der Waals surface area (Å²) in [4.78, 5) is 0. The highest BCUT2D eigenvalue weighted by Crippen LogP contribution is 2.81. The second kappa shape index (κ2) is 7.79. The molecule has 4 nitrogen and oxygen atoms in total. The molecule has 5 saturated carbocycles. The standard InChI is InChI=1S/C34H42O4/c1-21-5-4-6-23(15-21)19-37-20-25-18-32-12-14-34(25,36-3)30-33(32)13-11-31(2,17-22-7-8-22)27(32)16-24-9-10-26(35)29(38-30)28(24)33/h4-6,9-10,15,22,25,27,30,35H,7-8,11-14,16-20H2,1-3H3/t25-,27+,30-,31?,32-,33+,34-/m1/s1. The third-order valence-electron chi connectivity index (χ3n) is 12.5. The molecule has 4 bridgehead atoms. The van der Waals surface area contributed by atoms with Crippen molar-refractivity contribution in [3.8, 4) is 11.5 Å². The number of hydrogen-bond donors (Lipinski definition) is 1. The number of methoxy groups -OCH3 is 1. The molecule has 5 fully saturated rings. The maximum absolute atomic E-state index is 11.0. The van der Waals surface area contributed by atoms with E-state index in [9.17, 15) is 5.11 Å². The third kappa shape index (κ3) is 2.84. The van der Waals surface area contributed by atoms with E-state index in [1.54, 1.807) is 0 Å². The van der Waals surface area contributed by atoms with Gasteiger partial charge in [0, 0.05) is 24.0 Å². The fourth-order valence-electron chi connectivity index (χ4n) is 10.9. The van der Waals surface area contributed by atoms with Crippen LogP contribution < -0.4 is 4.74 Å². The maximum Gasteiger partial charge on any atom is 0.165 e. The van der Waals surface area contributed by atoms with Gasteiger partial charge in [0.05, 0.1) is 13.2 Å². The Kier molecular flexibility index (Phi) is 4.88. The smallest absolute Gasteiger partial charge is 0.165 e. The van der Waals surface area contributed by atoms with Crippen molar-refractivity contribution in [2.24, 2.45) is 28.6 Å². The van der Waals surface area contributed by atoms with Gasteiger partial charge in [0.15, 0.2) is 11.5 Å². The predicted molar refractivity (Wildman–Crippen MR) is 146 cm³/mol. The van der Waals surface area contributed by atoms with Crippen LogP contribution in [0.4, 0.5) is 0 Å². The molecule has 7 aliphatic rings. The summed E-state index contributed by atoms with van der Waals surface area (Å²) in [5, 5.41) is 11.0. The van der Waals surface area contributed by atoms with Gasteiger partial charge < -0.3 is 19.3 Å². The van der Waals surface area contributed by atoms with Crippen LogP contribution in [0.25, 0.3) is 0 Å². The molecule has 7 atom stereocenters. The molecule has 4 heteroatoms. The highest BCUT2D eigenvalue weighted by atomic mass is 16.6. The molecule has 2 aromatic carbocycles. The van der Waals surface area contributed by atoms with E-state index < -0.39 is 0 Å². The van der Waals surface area contributed by atoms with Gasteiger partial charge >= 0.3 is 0 Å². The second-order valence-corrected chi connectivity index (χ2v) is 14.2. The van der Waals surface area contributed by atoms with Crippen LogP contribution in [-0.4, -0.2) is 30.5 Å². The summed E-state index contributed by atoms with van der Waals surface area (Å²) in [6.45, 7) is 6.10. The van der Waals surface area contributed by atoms with E-state index in [0.717, 1.165) is 37.4 Å². The van der Waals surface area contributed by atoms with Crippen LogP contribution in [0, 0.1) is 35.5 Å². The van der Waals surface area contributed by atoms with Crippen molar-refractivity contribution < 1.29 is 19.3 Å². The number of phenols is 1. The molecular formula is C34H42O4. The van der Waals surface area contributed by atoms with Crippen LogP contribution in [-0.2, 0) is 27.9 Å². The van der Waals surface area contributed by atoms with Gasteiger partial charge in [-0.05, 0) is 91.7 Å². The van der Waals surface area contributed by atoms with Crippen molar-refractivity contribution in [2.45, 2.75) is 95.4 Å².